The summed E-state index contributed by atoms with van der Waals surface area (Å²) < 4.78 is 2.29. The SMILES string of the molecule is CCCc1n[nH]c(=S)n1CC(=O)NCC(Cc1ccccc1)N(CC)CC. The third-order valence-electron chi connectivity index (χ3n) is 4.79. The number of aromatic amines is 1. The lowest BCUT2D eigenvalue weighted by atomic mass is 10.0. The van der Waals surface area contributed by atoms with Crippen LogP contribution in [0.1, 0.15) is 38.6 Å². The van der Waals surface area contributed by atoms with Crippen molar-refractivity contribution in [3.63, 3.8) is 0 Å². The van der Waals surface area contributed by atoms with Gasteiger partial charge in [-0.25, -0.2) is 0 Å². The molecule has 2 rings (SSSR count). The van der Waals surface area contributed by atoms with Gasteiger partial charge in [-0.1, -0.05) is 51.1 Å². The number of nitrogens with one attached hydrogen (secondary N) is 2. The van der Waals surface area contributed by atoms with Crippen molar-refractivity contribution in [1.82, 2.24) is 25.0 Å². The zero-order chi connectivity index (χ0) is 19.6. The van der Waals surface area contributed by atoms with Crippen LogP contribution in [0.2, 0.25) is 0 Å². The molecule has 0 saturated carbocycles. The van der Waals surface area contributed by atoms with E-state index in [-0.39, 0.29) is 18.5 Å². The fraction of sp³-hybridized carbons (Fsp3) is 0.550. The maximum Gasteiger partial charge on any atom is 0.240 e. The van der Waals surface area contributed by atoms with Gasteiger partial charge in [-0.2, -0.15) is 5.10 Å². The van der Waals surface area contributed by atoms with Crippen LogP contribution in [0.3, 0.4) is 0 Å². The maximum absolute atomic E-state index is 12.5. The van der Waals surface area contributed by atoms with Gasteiger partial charge in [0.2, 0.25) is 5.91 Å². The molecule has 0 saturated heterocycles. The Morgan fingerprint density at radius 1 is 1.26 bits per heavy atom. The molecule has 7 heteroatoms. The Hall–Kier alpha value is -1.99. The molecule has 27 heavy (non-hydrogen) atoms. The van der Waals surface area contributed by atoms with Crippen LogP contribution in [0.15, 0.2) is 30.3 Å². The fourth-order valence-corrected chi connectivity index (χ4v) is 3.53. The minimum Gasteiger partial charge on any atom is -0.353 e. The topological polar surface area (TPSA) is 66.0 Å². The lowest BCUT2D eigenvalue weighted by Gasteiger charge is -2.30. The summed E-state index contributed by atoms with van der Waals surface area (Å²) in [6.45, 7) is 9.13. The Labute approximate surface area is 167 Å². The molecule has 1 amide bonds. The van der Waals surface area contributed by atoms with E-state index < -0.39 is 0 Å². The first-order valence-electron chi connectivity index (χ1n) is 9.77. The number of aryl methyl sites for hydroxylation is 1. The summed E-state index contributed by atoms with van der Waals surface area (Å²) in [6.07, 6.45) is 2.67. The van der Waals surface area contributed by atoms with E-state index in [4.69, 9.17) is 12.2 Å². The highest BCUT2D eigenvalue weighted by Crippen LogP contribution is 2.09. The molecular formula is C20H31N5OS. The van der Waals surface area contributed by atoms with Crippen LogP contribution in [-0.4, -0.2) is 51.2 Å². The van der Waals surface area contributed by atoms with Crippen molar-refractivity contribution >= 4 is 18.1 Å². The molecule has 1 unspecified atom stereocenters. The maximum atomic E-state index is 12.5. The number of carbonyl (C=O) groups excluding carboxylic acids is 1. The Balaban J connectivity index is 2.00. The summed E-state index contributed by atoms with van der Waals surface area (Å²) in [5, 5.41) is 10.1. The van der Waals surface area contributed by atoms with Gasteiger partial charge in [0.25, 0.3) is 0 Å². The summed E-state index contributed by atoms with van der Waals surface area (Å²) in [5.41, 5.74) is 1.28. The van der Waals surface area contributed by atoms with E-state index in [2.05, 4.69) is 65.5 Å². The van der Waals surface area contributed by atoms with E-state index in [0.29, 0.717) is 11.3 Å². The minimum absolute atomic E-state index is 0.0323. The van der Waals surface area contributed by atoms with Crippen molar-refractivity contribution in [2.75, 3.05) is 19.6 Å². The van der Waals surface area contributed by atoms with Gasteiger partial charge in [-0.05, 0) is 43.7 Å². The van der Waals surface area contributed by atoms with E-state index in [0.717, 1.165) is 38.2 Å². The average Bonchev–Trinajstić information content (AvgIpc) is 3.01. The summed E-state index contributed by atoms with van der Waals surface area (Å²) in [7, 11) is 0. The van der Waals surface area contributed by atoms with Gasteiger partial charge in [0, 0.05) is 19.0 Å². The standard InChI is InChI=1S/C20H31N5OS/c1-4-10-18-22-23-20(27)25(18)15-19(26)21-14-17(24(5-2)6-3)13-16-11-8-7-9-12-16/h7-9,11-12,17H,4-6,10,13-15H2,1-3H3,(H,21,26)(H,23,27). The zero-order valence-electron chi connectivity index (χ0n) is 16.6. The van der Waals surface area contributed by atoms with Crippen molar-refractivity contribution in [3.8, 4) is 0 Å². The van der Waals surface area contributed by atoms with Gasteiger partial charge in [0.1, 0.15) is 12.4 Å². The largest absolute Gasteiger partial charge is 0.353 e. The molecule has 148 valence electrons. The second kappa shape index (κ2) is 11.0. The van der Waals surface area contributed by atoms with Gasteiger partial charge in [-0.3, -0.25) is 19.4 Å². The molecule has 0 radical (unpaired) electrons. The number of aromatic nitrogens is 3. The second-order valence-corrected chi connectivity index (χ2v) is 7.04. The van der Waals surface area contributed by atoms with E-state index in [1.54, 1.807) is 4.57 Å². The number of nitrogens with zero attached hydrogens (tertiary/aromatic N) is 3. The number of likely N-dealkylation sites (N-methyl/N-ethyl adjacent to an activating group) is 1. The van der Waals surface area contributed by atoms with E-state index in [1.807, 2.05) is 6.07 Å². The third kappa shape index (κ3) is 6.29. The normalized spacial score (nSPS) is 12.3. The number of hydrogen-bond donors (Lipinski definition) is 2. The van der Waals surface area contributed by atoms with Gasteiger partial charge in [0.05, 0.1) is 0 Å². The van der Waals surface area contributed by atoms with Crippen molar-refractivity contribution < 1.29 is 4.79 Å². The molecule has 1 aromatic carbocycles. The van der Waals surface area contributed by atoms with Gasteiger partial charge in [-0.15, -0.1) is 0 Å². The molecule has 0 spiro atoms. The van der Waals surface area contributed by atoms with E-state index >= 15 is 0 Å². The smallest absolute Gasteiger partial charge is 0.240 e. The third-order valence-corrected chi connectivity index (χ3v) is 5.10. The van der Waals surface area contributed by atoms with Gasteiger partial charge in [0.15, 0.2) is 4.77 Å². The molecule has 0 fully saturated rings. The number of benzene rings is 1. The zero-order valence-corrected chi connectivity index (χ0v) is 17.4. The minimum atomic E-state index is -0.0323. The molecular weight excluding hydrogens is 358 g/mol. The van der Waals surface area contributed by atoms with Crippen LogP contribution in [0.5, 0.6) is 0 Å². The summed E-state index contributed by atoms with van der Waals surface area (Å²) in [4.78, 5) is 14.9. The van der Waals surface area contributed by atoms with Gasteiger partial charge >= 0.3 is 0 Å². The molecule has 1 heterocycles. The van der Waals surface area contributed by atoms with Gasteiger partial charge < -0.3 is 5.32 Å². The monoisotopic (exact) mass is 389 g/mol. The quantitative estimate of drug-likeness (QED) is 0.580. The Morgan fingerprint density at radius 2 is 1.96 bits per heavy atom. The molecule has 2 N–H and O–H groups in total. The van der Waals surface area contributed by atoms with Crippen LogP contribution < -0.4 is 5.32 Å². The van der Waals surface area contributed by atoms with Crippen LogP contribution in [-0.2, 0) is 24.2 Å². The first-order valence-corrected chi connectivity index (χ1v) is 10.2. The van der Waals surface area contributed by atoms with Crippen molar-refractivity contribution in [2.24, 2.45) is 0 Å². The van der Waals surface area contributed by atoms with Crippen LogP contribution in [0, 0.1) is 4.77 Å². The average molecular weight is 390 g/mol. The Kier molecular flexibility index (Phi) is 8.67. The highest BCUT2D eigenvalue weighted by atomic mass is 32.1. The first kappa shape index (κ1) is 21.3. The van der Waals surface area contributed by atoms with Crippen molar-refractivity contribution in [3.05, 3.63) is 46.5 Å². The summed E-state index contributed by atoms with van der Waals surface area (Å²) in [6, 6.07) is 10.7. The highest BCUT2D eigenvalue weighted by molar-refractivity contribution is 7.71. The second-order valence-electron chi connectivity index (χ2n) is 6.65. The molecule has 1 aromatic heterocycles. The predicted molar refractivity (Wildman–Crippen MR) is 111 cm³/mol. The number of rotatable bonds is 11. The number of hydrogen-bond acceptors (Lipinski definition) is 4. The molecule has 0 aliphatic rings. The Morgan fingerprint density at radius 3 is 2.59 bits per heavy atom. The first-order chi connectivity index (χ1) is 13.1. The number of carbonyl (C=O) groups is 1. The molecule has 2 aromatic rings. The van der Waals surface area contributed by atoms with E-state index in [9.17, 15) is 4.79 Å². The van der Waals surface area contributed by atoms with Crippen LogP contribution in [0.4, 0.5) is 0 Å². The molecule has 0 aliphatic carbocycles. The fourth-order valence-electron chi connectivity index (χ4n) is 3.32. The van der Waals surface area contributed by atoms with Crippen molar-refractivity contribution in [2.45, 2.75) is 52.6 Å². The number of amides is 1. The predicted octanol–water partition coefficient (Wildman–Crippen LogP) is 2.96. The molecule has 6 nitrogen and oxygen atoms in total. The van der Waals surface area contributed by atoms with Crippen molar-refractivity contribution in [1.29, 1.82) is 0 Å². The molecule has 0 bridgehead atoms. The summed E-state index contributed by atoms with van der Waals surface area (Å²) in [5.74, 6) is 0.803. The molecule has 1 atom stereocenters. The summed E-state index contributed by atoms with van der Waals surface area (Å²) >= 11 is 5.26. The Bertz CT molecular complexity index is 751. The lowest BCUT2D eigenvalue weighted by Crippen LogP contribution is -2.45. The van der Waals surface area contributed by atoms with E-state index in [1.165, 1.54) is 5.56 Å². The van der Waals surface area contributed by atoms with Crippen LogP contribution >= 0.6 is 12.2 Å². The van der Waals surface area contributed by atoms with Crippen LogP contribution in [0.25, 0.3) is 0 Å². The lowest BCUT2D eigenvalue weighted by molar-refractivity contribution is -0.122. The number of H-pyrrole nitrogens is 1. The molecule has 0 aliphatic heterocycles. The highest BCUT2D eigenvalue weighted by Gasteiger charge is 2.18.